The molecule has 1 aromatic rings. The van der Waals surface area contributed by atoms with E-state index in [1.54, 1.807) is 12.1 Å². The van der Waals surface area contributed by atoms with Gasteiger partial charge in [-0.15, -0.1) is 12.4 Å². The first-order valence-corrected chi connectivity index (χ1v) is 5.12. The number of benzene rings is 1. The van der Waals surface area contributed by atoms with Crippen LogP contribution in [-0.2, 0) is 11.3 Å². The minimum atomic E-state index is -2.85. The lowest BCUT2D eigenvalue weighted by molar-refractivity contribution is -0.121. The zero-order chi connectivity index (χ0) is 12.7. The van der Waals surface area contributed by atoms with Crippen LogP contribution in [0.2, 0.25) is 0 Å². The molecule has 1 aromatic carbocycles. The number of carbonyl (C=O) groups is 1. The molecule has 7 heteroatoms. The van der Waals surface area contributed by atoms with E-state index in [2.05, 4.69) is 10.1 Å². The van der Waals surface area contributed by atoms with Crippen LogP contribution in [0.5, 0.6) is 5.75 Å². The first kappa shape index (κ1) is 16.6. The second-order valence-corrected chi connectivity index (χ2v) is 3.34. The summed E-state index contributed by atoms with van der Waals surface area (Å²) >= 11 is 0. The Morgan fingerprint density at radius 2 is 2.17 bits per heavy atom. The van der Waals surface area contributed by atoms with E-state index >= 15 is 0 Å². The Morgan fingerprint density at radius 3 is 2.78 bits per heavy atom. The van der Waals surface area contributed by atoms with Crippen molar-refractivity contribution in [2.75, 3.05) is 6.54 Å². The maximum absolute atomic E-state index is 12.0. The molecule has 0 unspecified atom stereocenters. The van der Waals surface area contributed by atoms with Gasteiger partial charge in [-0.1, -0.05) is 12.1 Å². The van der Waals surface area contributed by atoms with Crippen LogP contribution in [0.25, 0.3) is 0 Å². The van der Waals surface area contributed by atoms with Gasteiger partial charge < -0.3 is 15.8 Å². The van der Waals surface area contributed by atoms with E-state index in [0.717, 1.165) is 0 Å². The number of hydrogen-bond donors (Lipinski definition) is 2. The summed E-state index contributed by atoms with van der Waals surface area (Å²) in [7, 11) is 0. The second-order valence-electron chi connectivity index (χ2n) is 3.34. The monoisotopic (exact) mass is 280 g/mol. The van der Waals surface area contributed by atoms with Crippen LogP contribution >= 0.6 is 12.4 Å². The standard InChI is InChI=1S/C11H14F2N2O2.ClH/c12-11(13)17-9-3-1-2-8(6-9)7-15-10(16)4-5-14;/h1-3,6,11H,4-5,7,14H2,(H,15,16);1H. The number of nitrogens with one attached hydrogen (secondary N) is 1. The van der Waals surface area contributed by atoms with Gasteiger partial charge in [0.25, 0.3) is 0 Å². The van der Waals surface area contributed by atoms with E-state index < -0.39 is 6.61 Å². The highest BCUT2D eigenvalue weighted by Gasteiger charge is 2.05. The van der Waals surface area contributed by atoms with E-state index in [0.29, 0.717) is 5.56 Å². The summed E-state index contributed by atoms with van der Waals surface area (Å²) in [6.07, 6.45) is 0.243. The van der Waals surface area contributed by atoms with Crippen molar-refractivity contribution in [1.29, 1.82) is 0 Å². The van der Waals surface area contributed by atoms with Crippen molar-refractivity contribution in [3.05, 3.63) is 29.8 Å². The summed E-state index contributed by atoms with van der Waals surface area (Å²) in [4.78, 5) is 11.1. The fourth-order valence-electron chi connectivity index (χ4n) is 1.25. The van der Waals surface area contributed by atoms with E-state index in [1.165, 1.54) is 12.1 Å². The van der Waals surface area contributed by atoms with Crippen molar-refractivity contribution < 1.29 is 18.3 Å². The largest absolute Gasteiger partial charge is 0.435 e. The highest BCUT2D eigenvalue weighted by atomic mass is 35.5. The number of amides is 1. The van der Waals surface area contributed by atoms with Crippen molar-refractivity contribution in [3.8, 4) is 5.75 Å². The quantitative estimate of drug-likeness (QED) is 0.833. The molecule has 1 amide bonds. The molecule has 4 nitrogen and oxygen atoms in total. The lowest BCUT2D eigenvalue weighted by Gasteiger charge is -2.07. The molecule has 102 valence electrons. The maximum atomic E-state index is 12.0. The molecule has 0 saturated carbocycles. The number of carbonyl (C=O) groups excluding carboxylic acids is 1. The molecule has 0 aromatic heterocycles. The molecular formula is C11H15ClF2N2O2. The molecule has 0 saturated heterocycles. The van der Waals surface area contributed by atoms with Gasteiger partial charge in [-0.2, -0.15) is 8.78 Å². The van der Waals surface area contributed by atoms with Crippen LogP contribution in [0.1, 0.15) is 12.0 Å². The van der Waals surface area contributed by atoms with Crippen LogP contribution in [0.3, 0.4) is 0 Å². The molecule has 0 radical (unpaired) electrons. The molecule has 0 heterocycles. The van der Waals surface area contributed by atoms with Gasteiger partial charge in [0.2, 0.25) is 5.91 Å². The summed E-state index contributed by atoms with van der Waals surface area (Å²) in [5, 5.41) is 2.62. The van der Waals surface area contributed by atoms with Gasteiger partial charge in [0.15, 0.2) is 0 Å². The van der Waals surface area contributed by atoms with Gasteiger partial charge in [0.1, 0.15) is 5.75 Å². The number of hydrogen-bond acceptors (Lipinski definition) is 3. The molecule has 18 heavy (non-hydrogen) atoms. The molecule has 0 aliphatic carbocycles. The average Bonchev–Trinajstić information content (AvgIpc) is 2.26. The van der Waals surface area contributed by atoms with E-state index in [4.69, 9.17) is 5.73 Å². The topological polar surface area (TPSA) is 64.4 Å². The Bertz CT molecular complexity index is 378. The summed E-state index contributed by atoms with van der Waals surface area (Å²) in [5.41, 5.74) is 5.90. The Morgan fingerprint density at radius 1 is 1.44 bits per heavy atom. The Labute approximate surface area is 110 Å². The summed E-state index contributed by atoms with van der Waals surface area (Å²) in [6.45, 7) is -2.31. The molecular weight excluding hydrogens is 266 g/mol. The van der Waals surface area contributed by atoms with Gasteiger partial charge >= 0.3 is 6.61 Å². The van der Waals surface area contributed by atoms with Crippen molar-refractivity contribution in [2.24, 2.45) is 5.73 Å². The van der Waals surface area contributed by atoms with Crippen LogP contribution in [-0.4, -0.2) is 19.1 Å². The van der Waals surface area contributed by atoms with E-state index in [1.807, 2.05) is 0 Å². The van der Waals surface area contributed by atoms with Crippen LogP contribution in [0, 0.1) is 0 Å². The number of halogens is 3. The highest BCUT2D eigenvalue weighted by molar-refractivity contribution is 5.85. The third kappa shape index (κ3) is 6.36. The fourth-order valence-corrected chi connectivity index (χ4v) is 1.25. The highest BCUT2D eigenvalue weighted by Crippen LogP contribution is 2.15. The van der Waals surface area contributed by atoms with Crippen LogP contribution in [0.4, 0.5) is 8.78 Å². The predicted octanol–water partition coefficient (Wildman–Crippen LogP) is 1.67. The zero-order valence-corrected chi connectivity index (χ0v) is 10.4. The number of rotatable bonds is 6. The third-order valence-electron chi connectivity index (χ3n) is 1.98. The van der Waals surface area contributed by atoms with Gasteiger partial charge in [0, 0.05) is 19.5 Å². The van der Waals surface area contributed by atoms with Crippen molar-refractivity contribution in [3.63, 3.8) is 0 Å². The number of nitrogens with two attached hydrogens (primary N) is 1. The van der Waals surface area contributed by atoms with Gasteiger partial charge in [0.05, 0.1) is 0 Å². The lowest BCUT2D eigenvalue weighted by atomic mass is 10.2. The van der Waals surface area contributed by atoms with Crippen molar-refractivity contribution in [1.82, 2.24) is 5.32 Å². The molecule has 0 spiro atoms. The smallest absolute Gasteiger partial charge is 0.387 e. The van der Waals surface area contributed by atoms with Gasteiger partial charge in [-0.25, -0.2) is 0 Å². The maximum Gasteiger partial charge on any atom is 0.387 e. The predicted molar refractivity (Wildman–Crippen MR) is 65.8 cm³/mol. The lowest BCUT2D eigenvalue weighted by Crippen LogP contribution is -2.24. The van der Waals surface area contributed by atoms with Crippen LogP contribution < -0.4 is 15.8 Å². The van der Waals surface area contributed by atoms with Crippen molar-refractivity contribution in [2.45, 2.75) is 19.6 Å². The minimum absolute atomic E-state index is 0. The van der Waals surface area contributed by atoms with Crippen molar-refractivity contribution >= 4 is 18.3 Å². The SMILES string of the molecule is Cl.NCCC(=O)NCc1cccc(OC(F)F)c1. The molecule has 3 N–H and O–H groups in total. The molecule has 1 rings (SSSR count). The molecule has 0 aliphatic heterocycles. The van der Waals surface area contributed by atoms with E-state index in [9.17, 15) is 13.6 Å². The van der Waals surface area contributed by atoms with Gasteiger partial charge in [-0.05, 0) is 17.7 Å². The van der Waals surface area contributed by atoms with E-state index in [-0.39, 0.29) is 43.6 Å². The first-order valence-electron chi connectivity index (χ1n) is 5.12. The third-order valence-corrected chi connectivity index (χ3v) is 1.98. The number of ether oxygens (including phenoxy) is 1. The molecule has 0 atom stereocenters. The normalized spacial score (nSPS) is 9.78. The molecule has 0 fully saturated rings. The fraction of sp³-hybridized carbons (Fsp3) is 0.364. The number of alkyl halides is 2. The van der Waals surface area contributed by atoms with Crippen LogP contribution in [0.15, 0.2) is 24.3 Å². The summed E-state index contributed by atoms with van der Waals surface area (Å²) < 4.78 is 28.2. The minimum Gasteiger partial charge on any atom is -0.435 e. The Balaban J connectivity index is 0.00000289. The molecule has 0 aliphatic rings. The summed E-state index contributed by atoms with van der Waals surface area (Å²) in [6, 6.07) is 6.18. The Kier molecular flexibility index (Phi) is 7.98. The Hall–Kier alpha value is -1.40. The average molecular weight is 281 g/mol. The first-order chi connectivity index (χ1) is 8.11. The molecule has 0 bridgehead atoms. The van der Waals surface area contributed by atoms with Gasteiger partial charge in [-0.3, -0.25) is 4.79 Å². The zero-order valence-electron chi connectivity index (χ0n) is 9.57. The second kappa shape index (κ2) is 8.66. The summed E-state index contributed by atoms with van der Waals surface area (Å²) in [5.74, 6) is -0.0988.